The molecule has 1 unspecified atom stereocenters. The van der Waals surface area contributed by atoms with Gasteiger partial charge in [-0.2, -0.15) is 18.4 Å². The zero-order valence-electron chi connectivity index (χ0n) is 19.5. The molecule has 186 valence electrons. The Morgan fingerprint density at radius 2 is 1.94 bits per heavy atom. The second-order valence-corrected chi connectivity index (χ2v) is 8.63. The number of halogens is 3. The third kappa shape index (κ3) is 4.72. The van der Waals surface area contributed by atoms with Gasteiger partial charge in [0, 0.05) is 42.1 Å². The van der Waals surface area contributed by atoms with E-state index in [2.05, 4.69) is 48.7 Å². The molecule has 1 saturated heterocycles. The number of anilines is 1. The van der Waals surface area contributed by atoms with Crippen molar-refractivity contribution in [1.29, 1.82) is 5.26 Å². The normalized spacial score (nSPS) is 17.4. The van der Waals surface area contributed by atoms with Crippen molar-refractivity contribution in [2.24, 2.45) is 4.99 Å². The highest BCUT2D eigenvalue weighted by Crippen LogP contribution is 2.34. The molecule has 0 amide bonds. The predicted octanol–water partition coefficient (Wildman–Crippen LogP) is 3.96. The van der Waals surface area contributed by atoms with Crippen LogP contribution in [-0.4, -0.2) is 48.8 Å². The van der Waals surface area contributed by atoms with E-state index in [1.165, 1.54) is 6.20 Å². The molecular formula is C25H24F3N7O. The summed E-state index contributed by atoms with van der Waals surface area (Å²) in [6, 6.07) is 11.3. The lowest BCUT2D eigenvalue weighted by atomic mass is 10.0. The Morgan fingerprint density at radius 1 is 1.19 bits per heavy atom. The zero-order valence-corrected chi connectivity index (χ0v) is 19.5. The molecule has 2 aromatic heterocycles. The van der Waals surface area contributed by atoms with E-state index in [1.54, 1.807) is 0 Å². The van der Waals surface area contributed by atoms with Crippen molar-refractivity contribution in [1.82, 2.24) is 20.6 Å². The first-order chi connectivity index (χ1) is 17.3. The summed E-state index contributed by atoms with van der Waals surface area (Å²) in [6.07, 6.45) is -2.21. The van der Waals surface area contributed by atoms with Gasteiger partial charge >= 0.3 is 6.18 Å². The third-order valence-corrected chi connectivity index (χ3v) is 6.31. The van der Waals surface area contributed by atoms with Gasteiger partial charge in [0.05, 0.1) is 48.7 Å². The Labute approximate surface area is 205 Å². The molecule has 0 bridgehead atoms. The number of nitrogens with zero attached hydrogens (tertiary/aromatic N) is 4. The van der Waals surface area contributed by atoms with Crippen LogP contribution in [-0.2, 0) is 10.9 Å². The number of aliphatic imine (C=N–C) groups is 1. The number of pyridine rings is 1. The predicted molar refractivity (Wildman–Crippen MR) is 130 cm³/mol. The van der Waals surface area contributed by atoms with E-state index >= 15 is 0 Å². The van der Waals surface area contributed by atoms with Gasteiger partial charge in [0.15, 0.2) is 5.96 Å². The average molecular weight is 496 g/mol. The van der Waals surface area contributed by atoms with Crippen LogP contribution in [0.4, 0.5) is 18.9 Å². The van der Waals surface area contributed by atoms with Gasteiger partial charge in [0.25, 0.3) is 0 Å². The fourth-order valence-electron chi connectivity index (χ4n) is 4.31. The van der Waals surface area contributed by atoms with Crippen molar-refractivity contribution in [3.05, 3.63) is 65.0 Å². The molecule has 2 aliphatic heterocycles. The molecule has 1 atom stereocenters. The minimum absolute atomic E-state index is 0.110. The SMILES string of the molecule is CC(NC1=NC(c2c[nH]c3ncc(C(F)(F)F)cc23)=C(C#N)CN1)c1ccc(N2CCOCC2)cc1. The molecule has 3 N–H and O–H groups in total. The van der Waals surface area contributed by atoms with Crippen molar-refractivity contribution in [2.45, 2.75) is 19.1 Å². The summed E-state index contributed by atoms with van der Waals surface area (Å²) in [5.74, 6) is 0.433. The molecule has 36 heavy (non-hydrogen) atoms. The molecule has 5 rings (SSSR count). The third-order valence-electron chi connectivity index (χ3n) is 6.31. The number of fused-ring (bicyclic) bond motifs is 1. The van der Waals surface area contributed by atoms with Crippen LogP contribution in [0.15, 0.2) is 53.3 Å². The highest BCUT2D eigenvalue weighted by molar-refractivity contribution is 5.97. The number of morpholine rings is 1. The number of H-pyrrole nitrogens is 1. The smallest absolute Gasteiger partial charge is 0.378 e. The standard InChI is InChI=1S/C25H24F3N7O/c1-15(16-2-4-19(5-3-16)35-6-8-36-9-7-35)33-24-32-12-17(11-29)22(34-24)21-14-31-23-20(21)10-18(13-30-23)25(26,27)28/h2-5,10,13-15H,6-9,12H2,1H3,(H,30,31)(H2,32,33,34). The number of rotatable bonds is 4. The molecule has 0 aliphatic carbocycles. The molecule has 3 aromatic rings. The summed E-state index contributed by atoms with van der Waals surface area (Å²) in [4.78, 5) is 13.6. The molecular weight excluding hydrogens is 471 g/mol. The van der Waals surface area contributed by atoms with Crippen LogP contribution >= 0.6 is 0 Å². The van der Waals surface area contributed by atoms with E-state index in [1.807, 2.05) is 19.1 Å². The Hall–Kier alpha value is -4.04. The molecule has 0 radical (unpaired) electrons. The van der Waals surface area contributed by atoms with Gasteiger partial charge in [-0.1, -0.05) is 12.1 Å². The lowest BCUT2D eigenvalue weighted by Gasteiger charge is -2.29. The fraction of sp³-hybridized carbons (Fsp3) is 0.320. The van der Waals surface area contributed by atoms with Crippen molar-refractivity contribution < 1.29 is 17.9 Å². The number of hydrogen-bond donors (Lipinski definition) is 3. The summed E-state index contributed by atoms with van der Waals surface area (Å²) in [5.41, 5.74) is 2.63. The molecule has 2 aliphatic rings. The van der Waals surface area contributed by atoms with Gasteiger partial charge in [-0.15, -0.1) is 0 Å². The summed E-state index contributed by atoms with van der Waals surface area (Å²) < 4.78 is 45.2. The van der Waals surface area contributed by atoms with Crippen LogP contribution in [0.5, 0.6) is 0 Å². The van der Waals surface area contributed by atoms with E-state index in [-0.39, 0.29) is 18.0 Å². The number of aromatic nitrogens is 2. The van der Waals surface area contributed by atoms with E-state index < -0.39 is 11.7 Å². The maximum absolute atomic E-state index is 13.3. The van der Waals surface area contributed by atoms with Crippen LogP contribution in [0.3, 0.4) is 0 Å². The van der Waals surface area contributed by atoms with Gasteiger partial charge in [0.1, 0.15) is 5.65 Å². The number of ether oxygens (including phenoxy) is 1. The second kappa shape index (κ2) is 9.54. The topological polar surface area (TPSA) is 101 Å². The number of guanidine groups is 1. The summed E-state index contributed by atoms with van der Waals surface area (Å²) in [7, 11) is 0. The average Bonchev–Trinajstić information content (AvgIpc) is 3.32. The Morgan fingerprint density at radius 3 is 2.64 bits per heavy atom. The number of hydrogen-bond acceptors (Lipinski definition) is 7. The molecule has 8 nitrogen and oxygen atoms in total. The van der Waals surface area contributed by atoms with Gasteiger partial charge < -0.3 is 25.3 Å². The molecule has 11 heteroatoms. The lowest BCUT2D eigenvalue weighted by Crippen LogP contribution is -2.41. The summed E-state index contributed by atoms with van der Waals surface area (Å²) in [5, 5.41) is 16.3. The molecule has 1 fully saturated rings. The number of nitriles is 1. The van der Waals surface area contributed by atoms with Crippen LogP contribution < -0.4 is 15.5 Å². The number of alkyl halides is 3. The lowest BCUT2D eigenvalue weighted by molar-refractivity contribution is -0.137. The van der Waals surface area contributed by atoms with Crippen molar-refractivity contribution in [3.63, 3.8) is 0 Å². The first kappa shape index (κ1) is 23.7. The minimum atomic E-state index is -4.53. The Bertz CT molecular complexity index is 1360. The minimum Gasteiger partial charge on any atom is -0.378 e. The number of benzene rings is 1. The van der Waals surface area contributed by atoms with Crippen LogP contribution in [0, 0.1) is 11.3 Å². The van der Waals surface area contributed by atoms with E-state index in [0.717, 1.165) is 49.8 Å². The van der Waals surface area contributed by atoms with Gasteiger partial charge in [-0.3, -0.25) is 0 Å². The molecule has 4 heterocycles. The Kier molecular flexibility index (Phi) is 6.28. The highest BCUT2D eigenvalue weighted by Gasteiger charge is 2.32. The molecule has 1 aromatic carbocycles. The first-order valence-corrected chi connectivity index (χ1v) is 11.5. The largest absolute Gasteiger partial charge is 0.417 e. The van der Waals surface area contributed by atoms with Crippen LogP contribution in [0.1, 0.15) is 29.7 Å². The Balaban J connectivity index is 1.39. The van der Waals surface area contributed by atoms with Crippen LogP contribution in [0.25, 0.3) is 16.7 Å². The fourth-order valence-corrected chi connectivity index (χ4v) is 4.31. The van der Waals surface area contributed by atoms with Crippen molar-refractivity contribution in [2.75, 3.05) is 37.7 Å². The summed E-state index contributed by atoms with van der Waals surface area (Å²) >= 11 is 0. The van der Waals surface area contributed by atoms with Gasteiger partial charge in [0.2, 0.25) is 0 Å². The highest BCUT2D eigenvalue weighted by atomic mass is 19.4. The number of nitrogens with one attached hydrogen (secondary N) is 3. The summed E-state index contributed by atoms with van der Waals surface area (Å²) in [6.45, 7) is 5.34. The van der Waals surface area contributed by atoms with Gasteiger partial charge in [-0.05, 0) is 30.7 Å². The quantitative estimate of drug-likeness (QED) is 0.507. The molecule has 0 spiro atoms. The maximum atomic E-state index is 13.3. The van der Waals surface area contributed by atoms with Crippen molar-refractivity contribution in [3.8, 4) is 6.07 Å². The van der Waals surface area contributed by atoms with E-state index in [0.29, 0.717) is 28.4 Å². The zero-order chi connectivity index (χ0) is 25.3. The monoisotopic (exact) mass is 495 g/mol. The van der Waals surface area contributed by atoms with E-state index in [9.17, 15) is 18.4 Å². The second-order valence-electron chi connectivity index (χ2n) is 8.63. The van der Waals surface area contributed by atoms with Gasteiger partial charge in [-0.25, -0.2) is 9.98 Å². The van der Waals surface area contributed by atoms with Crippen molar-refractivity contribution >= 4 is 28.4 Å². The number of aromatic amines is 1. The van der Waals surface area contributed by atoms with Crippen LogP contribution in [0.2, 0.25) is 0 Å². The maximum Gasteiger partial charge on any atom is 0.417 e. The van der Waals surface area contributed by atoms with E-state index in [4.69, 9.17) is 4.74 Å². The first-order valence-electron chi connectivity index (χ1n) is 11.5. The molecule has 0 saturated carbocycles.